The van der Waals surface area contributed by atoms with Crippen molar-refractivity contribution in [2.75, 3.05) is 40.0 Å². The van der Waals surface area contributed by atoms with Crippen LogP contribution in [-0.4, -0.2) is 55.7 Å². The molecule has 0 saturated carbocycles. The third-order valence-electron chi connectivity index (χ3n) is 5.90. The molecule has 164 valence electrons. The Hall–Kier alpha value is -3.42. The molecule has 1 fully saturated rings. The van der Waals surface area contributed by atoms with Gasteiger partial charge in [0.1, 0.15) is 24.2 Å². The SMILES string of the molecule is COc1ccc2c(c1)C=C(CN1CCOC(c3cc(C(N)=O)c4ccccc4n3)C1)CO2. The quantitative estimate of drug-likeness (QED) is 0.668. The van der Waals surface area contributed by atoms with E-state index in [0.29, 0.717) is 25.3 Å². The lowest BCUT2D eigenvalue weighted by atomic mass is 10.0. The average molecular weight is 431 g/mol. The average Bonchev–Trinajstić information content (AvgIpc) is 2.83. The van der Waals surface area contributed by atoms with E-state index in [0.717, 1.165) is 46.7 Å². The molecule has 7 nitrogen and oxygen atoms in total. The van der Waals surface area contributed by atoms with Gasteiger partial charge in [-0.05, 0) is 42.0 Å². The topological polar surface area (TPSA) is 86.9 Å². The Balaban J connectivity index is 1.36. The van der Waals surface area contributed by atoms with Crippen LogP contribution in [0.2, 0.25) is 0 Å². The summed E-state index contributed by atoms with van der Waals surface area (Å²) in [7, 11) is 1.66. The summed E-state index contributed by atoms with van der Waals surface area (Å²) < 4.78 is 17.3. The summed E-state index contributed by atoms with van der Waals surface area (Å²) in [5, 5.41) is 0.759. The van der Waals surface area contributed by atoms with Gasteiger partial charge in [0.25, 0.3) is 0 Å². The molecule has 1 saturated heterocycles. The van der Waals surface area contributed by atoms with Gasteiger partial charge in [-0.1, -0.05) is 18.2 Å². The zero-order chi connectivity index (χ0) is 22.1. The summed E-state index contributed by atoms with van der Waals surface area (Å²) in [6.45, 7) is 3.40. The van der Waals surface area contributed by atoms with E-state index in [1.807, 2.05) is 42.5 Å². The lowest BCUT2D eigenvalue weighted by Gasteiger charge is -2.34. The number of morpholine rings is 1. The van der Waals surface area contributed by atoms with Crippen LogP contribution in [0.25, 0.3) is 17.0 Å². The highest BCUT2D eigenvalue weighted by molar-refractivity contribution is 6.05. The van der Waals surface area contributed by atoms with Crippen LogP contribution in [0.4, 0.5) is 0 Å². The standard InChI is InChI=1S/C25H25N3O4/c1-30-18-6-7-23-17(11-18)10-16(15-32-23)13-28-8-9-31-24(14-28)22-12-20(25(26)29)19-4-2-3-5-21(19)27-22/h2-7,10-12,24H,8-9,13-15H2,1H3,(H2,26,29). The number of carbonyl (C=O) groups is 1. The van der Waals surface area contributed by atoms with E-state index < -0.39 is 5.91 Å². The Morgan fingerprint density at radius 3 is 2.97 bits per heavy atom. The number of nitrogens with two attached hydrogens (primary N) is 1. The van der Waals surface area contributed by atoms with Crippen molar-refractivity contribution in [3.63, 3.8) is 0 Å². The van der Waals surface area contributed by atoms with Crippen LogP contribution in [-0.2, 0) is 4.74 Å². The lowest BCUT2D eigenvalue weighted by Crippen LogP contribution is -2.40. The van der Waals surface area contributed by atoms with E-state index in [2.05, 4.69) is 11.0 Å². The van der Waals surface area contributed by atoms with E-state index >= 15 is 0 Å². The first-order valence-electron chi connectivity index (χ1n) is 10.6. The molecule has 2 N–H and O–H groups in total. The Kier molecular flexibility index (Phi) is 5.51. The Labute approximate surface area is 186 Å². The molecule has 1 atom stereocenters. The first-order chi connectivity index (χ1) is 15.6. The fourth-order valence-electron chi connectivity index (χ4n) is 4.30. The van der Waals surface area contributed by atoms with Gasteiger partial charge in [0.05, 0.1) is 30.5 Å². The monoisotopic (exact) mass is 431 g/mol. The molecule has 1 aromatic heterocycles. The second-order valence-electron chi connectivity index (χ2n) is 8.07. The number of benzene rings is 2. The summed E-state index contributed by atoms with van der Waals surface area (Å²) in [5.41, 5.74) is 9.80. The van der Waals surface area contributed by atoms with E-state index in [-0.39, 0.29) is 6.10 Å². The number of hydrogen-bond acceptors (Lipinski definition) is 6. The van der Waals surface area contributed by atoms with E-state index in [1.165, 1.54) is 5.57 Å². The number of fused-ring (bicyclic) bond motifs is 2. The molecule has 0 aliphatic carbocycles. The number of para-hydroxylation sites is 1. The number of pyridine rings is 1. The molecule has 0 spiro atoms. The predicted molar refractivity (Wildman–Crippen MR) is 122 cm³/mol. The number of amides is 1. The van der Waals surface area contributed by atoms with Gasteiger partial charge in [-0.15, -0.1) is 0 Å². The molecule has 3 aromatic rings. The van der Waals surface area contributed by atoms with Gasteiger partial charge in [-0.2, -0.15) is 0 Å². The molecule has 2 aliphatic rings. The number of hydrogen-bond donors (Lipinski definition) is 1. The van der Waals surface area contributed by atoms with Crippen molar-refractivity contribution in [3.05, 3.63) is 70.9 Å². The zero-order valence-electron chi connectivity index (χ0n) is 17.9. The van der Waals surface area contributed by atoms with Gasteiger partial charge in [0.2, 0.25) is 5.91 Å². The number of carbonyl (C=O) groups excluding carboxylic acids is 1. The zero-order valence-corrected chi connectivity index (χ0v) is 17.9. The van der Waals surface area contributed by atoms with Crippen molar-refractivity contribution in [1.82, 2.24) is 9.88 Å². The summed E-state index contributed by atoms with van der Waals surface area (Å²) in [5.74, 6) is 1.22. The number of primary amides is 1. The second kappa shape index (κ2) is 8.61. The van der Waals surface area contributed by atoms with E-state index in [1.54, 1.807) is 13.2 Å². The molecule has 0 bridgehead atoms. The van der Waals surface area contributed by atoms with E-state index in [9.17, 15) is 4.79 Å². The smallest absolute Gasteiger partial charge is 0.249 e. The van der Waals surface area contributed by atoms with Crippen molar-refractivity contribution in [1.29, 1.82) is 0 Å². The molecule has 1 amide bonds. The molecule has 32 heavy (non-hydrogen) atoms. The number of aromatic nitrogens is 1. The molecule has 1 unspecified atom stereocenters. The number of nitrogens with zero attached hydrogens (tertiary/aromatic N) is 2. The van der Waals surface area contributed by atoms with Crippen LogP contribution in [0.3, 0.4) is 0 Å². The highest BCUT2D eigenvalue weighted by Gasteiger charge is 2.26. The number of ether oxygens (including phenoxy) is 3. The Bertz CT molecular complexity index is 1210. The third kappa shape index (κ3) is 4.04. The highest BCUT2D eigenvalue weighted by Crippen LogP contribution is 2.31. The molecular weight excluding hydrogens is 406 g/mol. The normalized spacial score (nSPS) is 18.5. The van der Waals surface area contributed by atoms with Gasteiger partial charge >= 0.3 is 0 Å². The van der Waals surface area contributed by atoms with Gasteiger partial charge in [-0.3, -0.25) is 9.69 Å². The summed E-state index contributed by atoms with van der Waals surface area (Å²) in [4.78, 5) is 19.1. The van der Waals surface area contributed by atoms with Gasteiger partial charge in [0.15, 0.2) is 0 Å². The minimum Gasteiger partial charge on any atom is -0.497 e. The fraction of sp³-hybridized carbons (Fsp3) is 0.280. The number of methoxy groups -OCH3 is 1. The number of rotatable bonds is 5. The molecule has 0 radical (unpaired) electrons. The van der Waals surface area contributed by atoms with Crippen molar-refractivity contribution >= 4 is 22.9 Å². The first-order valence-corrected chi connectivity index (χ1v) is 10.6. The lowest BCUT2D eigenvalue weighted by molar-refractivity contribution is -0.0292. The predicted octanol–water partition coefficient (Wildman–Crippen LogP) is 3.19. The van der Waals surface area contributed by atoms with Crippen LogP contribution >= 0.6 is 0 Å². The minimum absolute atomic E-state index is 0.232. The summed E-state index contributed by atoms with van der Waals surface area (Å²) >= 11 is 0. The Morgan fingerprint density at radius 1 is 1.25 bits per heavy atom. The van der Waals surface area contributed by atoms with Gasteiger partial charge < -0.3 is 19.9 Å². The van der Waals surface area contributed by atoms with Crippen LogP contribution in [0.15, 0.2) is 54.1 Å². The molecule has 2 aliphatic heterocycles. The van der Waals surface area contributed by atoms with Gasteiger partial charge in [0, 0.05) is 30.6 Å². The van der Waals surface area contributed by atoms with Gasteiger partial charge in [-0.25, -0.2) is 4.98 Å². The molecule has 5 rings (SSSR count). The maximum Gasteiger partial charge on any atom is 0.249 e. The molecule has 7 heteroatoms. The van der Waals surface area contributed by atoms with Crippen molar-refractivity contribution in [3.8, 4) is 11.5 Å². The van der Waals surface area contributed by atoms with Crippen molar-refractivity contribution in [2.24, 2.45) is 5.73 Å². The summed E-state index contributed by atoms with van der Waals surface area (Å²) in [6.07, 6.45) is 1.94. The maximum absolute atomic E-state index is 12.0. The van der Waals surface area contributed by atoms with Crippen LogP contribution in [0.1, 0.15) is 27.7 Å². The van der Waals surface area contributed by atoms with Crippen LogP contribution < -0.4 is 15.2 Å². The van der Waals surface area contributed by atoms with E-state index in [4.69, 9.17) is 24.9 Å². The largest absolute Gasteiger partial charge is 0.497 e. The first kappa shape index (κ1) is 20.5. The van der Waals surface area contributed by atoms with Crippen molar-refractivity contribution < 1.29 is 19.0 Å². The molecule has 2 aromatic carbocycles. The van der Waals surface area contributed by atoms with Crippen LogP contribution in [0.5, 0.6) is 11.5 Å². The third-order valence-corrected chi connectivity index (χ3v) is 5.90. The maximum atomic E-state index is 12.0. The summed E-state index contributed by atoms with van der Waals surface area (Å²) in [6, 6.07) is 15.1. The fourth-order valence-corrected chi connectivity index (χ4v) is 4.30. The van der Waals surface area contributed by atoms with Crippen molar-refractivity contribution in [2.45, 2.75) is 6.10 Å². The minimum atomic E-state index is -0.462. The highest BCUT2D eigenvalue weighted by atomic mass is 16.5. The molecular formula is C25H25N3O4. The second-order valence-corrected chi connectivity index (χ2v) is 8.07. The van der Waals surface area contributed by atoms with Crippen LogP contribution in [0, 0.1) is 0 Å². The Morgan fingerprint density at radius 2 is 2.12 bits per heavy atom. The molecule has 3 heterocycles.